The van der Waals surface area contributed by atoms with E-state index in [1.165, 1.54) is 15.6 Å². The Morgan fingerprint density at radius 2 is 1.95 bits per heavy atom. The van der Waals surface area contributed by atoms with Crippen molar-refractivity contribution in [2.45, 2.75) is 6.54 Å². The normalized spacial score (nSPS) is 10.8. The van der Waals surface area contributed by atoms with E-state index >= 15 is 0 Å². The Bertz CT molecular complexity index is 764. The number of rotatable bonds is 4. The van der Waals surface area contributed by atoms with Crippen LogP contribution in [0.4, 0.5) is 11.4 Å². The number of thiophene rings is 1. The molecule has 4 heteroatoms. The SMILES string of the molecule is CN(C)c1ccc(NCc2csc3ccccc23)cc1Cl. The second kappa shape index (κ2) is 5.96. The second-order valence-corrected chi connectivity index (χ2v) is 6.49. The van der Waals surface area contributed by atoms with Crippen molar-refractivity contribution in [3.05, 3.63) is 58.4 Å². The van der Waals surface area contributed by atoms with Crippen LogP contribution in [-0.2, 0) is 6.54 Å². The molecule has 0 spiro atoms. The predicted molar refractivity (Wildman–Crippen MR) is 94.9 cm³/mol. The first-order valence-electron chi connectivity index (χ1n) is 6.81. The fourth-order valence-corrected chi connectivity index (χ4v) is 3.66. The maximum Gasteiger partial charge on any atom is 0.0659 e. The van der Waals surface area contributed by atoms with Gasteiger partial charge in [-0.2, -0.15) is 0 Å². The van der Waals surface area contributed by atoms with Crippen molar-refractivity contribution in [1.82, 2.24) is 0 Å². The van der Waals surface area contributed by atoms with Gasteiger partial charge in [0, 0.05) is 31.0 Å². The van der Waals surface area contributed by atoms with E-state index in [-0.39, 0.29) is 0 Å². The molecule has 0 aliphatic carbocycles. The molecule has 108 valence electrons. The molecule has 3 rings (SSSR count). The summed E-state index contributed by atoms with van der Waals surface area (Å²) in [4.78, 5) is 2.01. The van der Waals surface area contributed by atoms with Crippen LogP contribution in [0.15, 0.2) is 47.8 Å². The fourth-order valence-electron chi connectivity index (χ4n) is 2.35. The van der Waals surface area contributed by atoms with Crippen LogP contribution in [0.25, 0.3) is 10.1 Å². The van der Waals surface area contributed by atoms with Crippen LogP contribution in [0.3, 0.4) is 0 Å². The zero-order valence-electron chi connectivity index (χ0n) is 12.1. The lowest BCUT2D eigenvalue weighted by Crippen LogP contribution is -2.09. The molecule has 0 radical (unpaired) electrons. The zero-order valence-corrected chi connectivity index (χ0v) is 13.6. The van der Waals surface area contributed by atoms with Gasteiger partial charge in [-0.1, -0.05) is 29.8 Å². The van der Waals surface area contributed by atoms with Gasteiger partial charge in [0.05, 0.1) is 10.7 Å². The highest BCUT2D eigenvalue weighted by molar-refractivity contribution is 7.17. The molecule has 0 bridgehead atoms. The van der Waals surface area contributed by atoms with E-state index in [0.29, 0.717) is 0 Å². The van der Waals surface area contributed by atoms with Crippen molar-refractivity contribution in [2.75, 3.05) is 24.3 Å². The van der Waals surface area contributed by atoms with Gasteiger partial charge in [-0.05, 0) is 40.6 Å². The number of fused-ring (bicyclic) bond motifs is 1. The van der Waals surface area contributed by atoms with Crippen LogP contribution in [0.2, 0.25) is 5.02 Å². The summed E-state index contributed by atoms with van der Waals surface area (Å²) in [5.41, 5.74) is 3.40. The molecular weight excluding hydrogens is 300 g/mol. The second-order valence-electron chi connectivity index (χ2n) is 5.17. The third-order valence-electron chi connectivity index (χ3n) is 3.47. The summed E-state index contributed by atoms with van der Waals surface area (Å²) < 4.78 is 1.33. The molecule has 2 nitrogen and oxygen atoms in total. The molecule has 0 fully saturated rings. The molecule has 2 aromatic carbocycles. The highest BCUT2D eigenvalue weighted by Crippen LogP contribution is 2.29. The van der Waals surface area contributed by atoms with Crippen LogP contribution in [0, 0.1) is 0 Å². The third-order valence-corrected chi connectivity index (χ3v) is 4.79. The van der Waals surface area contributed by atoms with Crippen molar-refractivity contribution in [1.29, 1.82) is 0 Å². The molecule has 0 saturated carbocycles. The van der Waals surface area contributed by atoms with Crippen molar-refractivity contribution in [2.24, 2.45) is 0 Å². The summed E-state index contributed by atoms with van der Waals surface area (Å²) in [5, 5.41) is 7.75. The molecule has 21 heavy (non-hydrogen) atoms. The van der Waals surface area contributed by atoms with E-state index in [1.807, 2.05) is 31.1 Å². The highest BCUT2D eigenvalue weighted by atomic mass is 35.5. The molecule has 0 unspecified atom stereocenters. The molecule has 0 amide bonds. The summed E-state index contributed by atoms with van der Waals surface area (Å²) in [5.74, 6) is 0. The van der Waals surface area contributed by atoms with Crippen molar-refractivity contribution < 1.29 is 0 Å². The first-order valence-corrected chi connectivity index (χ1v) is 8.07. The quantitative estimate of drug-likeness (QED) is 0.708. The molecule has 1 heterocycles. The highest BCUT2D eigenvalue weighted by Gasteiger charge is 2.05. The van der Waals surface area contributed by atoms with E-state index < -0.39 is 0 Å². The van der Waals surface area contributed by atoms with Gasteiger partial charge in [0.15, 0.2) is 0 Å². The fraction of sp³-hybridized carbons (Fsp3) is 0.176. The molecule has 0 aliphatic rings. The van der Waals surface area contributed by atoms with Gasteiger partial charge in [0.2, 0.25) is 0 Å². The smallest absolute Gasteiger partial charge is 0.0659 e. The Morgan fingerprint density at radius 3 is 2.71 bits per heavy atom. The molecule has 1 N–H and O–H groups in total. The molecule has 3 aromatic rings. The zero-order chi connectivity index (χ0) is 14.8. The van der Waals surface area contributed by atoms with Gasteiger partial charge in [-0.3, -0.25) is 0 Å². The topological polar surface area (TPSA) is 15.3 Å². The summed E-state index contributed by atoms with van der Waals surface area (Å²) >= 11 is 8.09. The number of halogens is 1. The average molecular weight is 317 g/mol. The standard InChI is InChI=1S/C17H17ClN2S/c1-20(2)16-8-7-13(9-15(16)18)19-10-12-11-21-17-6-4-3-5-14(12)17/h3-9,11,19H,10H2,1-2H3. The summed E-state index contributed by atoms with van der Waals surface area (Å²) in [6.45, 7) is 0.807. The minimum Gasteiger partial charge on any atom is -0.381 e. The van der Waals surface area contributed by atoms with E-state index in [0.717, 1.165) is 22.9 Å². The van der Waals surface area contributed by atoms with Gasteiger partial charge in [0.25, 0.3) is 0 Å². The Kier molecular flexibility index (Phi) is 4.04. The van der Waals surface area contributed by atoms with Crippen LogP contribution >= 0.6 is 22.9 Å². The maximum atomic E-state index is 6.30. The van der Waals surface area contributed by atoms with Crippen LogP contribution in [0.1, 0.15) is 5.56 Å². The lowest BCUT2D eigenvalue weighted by Gasteiger charge is -2.15. The van der Waals surface area contributed by atoms with E-state index in [9.17, 15) is 0 Å². The first kappa shape index (κ1) is 14.2. The molecular formula is C17H17ClN2S. The van der Waals surface area contributed by atoms with Gasteiger partial charge >= 0.3 is 0 Å². The van der Waals surface area contributed by atoms with E-state index in [1.54, 1.807) is 11.3 Å². The number of anilines is 2. The van der Waals surface area contributed by atoms with Crippen LogP contribution in [-0.4, -0.2) is 14.1 Å². The summed E-state index contributed by atoms with van der Waals surface area (Å²) in [7, 11) is 3.98. The minimum absolute atomic E-state index is 0.764. The van der Waals surface area contributed by atoms with Gasteiger partial charge in [-0.25, -0.2) is 0 Å². The predicted octanol–water partition coefficient (Wildman–Crippen LogP) is 5.23. The van der Waals surface area contributed by atoms with Crippen molar-refractivity contribution >= 4 is 44.4 Å². The largest absolute Gasteiger partial charge is 0.381 e. The lowest BCUT2D eigenvalue weighted by atomic mass is 10.2. The first-order chi connectivity index (χ1) is 10.1. The maximum absolute atomic E-state index is 6.30. The van der Waals surface area contributed by atoms with Gasteiger partial charge in [0.1, 0.15) is 0 Å². The summed E-state index contributed by atoms with van der Waals surface area (Å²) in [6, 6.07) is 14.6. The third kappa shape index (κ3) is 2.99. The van der Waals surface area contributed by atoms with Crippen molar-refractivity contribution in [3.63, 3.8) is 0 Å². The van der Waals surface area contributed by atoms with Gasteiger partial charge < -0.3 is 10.2 Å². The van der Waals surface area contributed by atoms with Crippen LogP contribution < -0.4 is 10.2 Å². The lowest BCUT2D eigenvalue weighted by molar-refractivity contribution is 1.13. The number of hydrogen-bond donors (Lipinski definition) is 1. The van der Waals surface area contributed by atoms with Crippen LogP contribution in [0.5, 0.6) is 0 Å². The minimum atomic E-state index is 0.764. The van der Waals surface area contributed by atoms with Gasteiger partial charge in [-0.15, -0.1) is 11.3 Å². The number of nitrogens with one attached hydrogen (secondary N) is 1. The average Bonchev–Trinajstić information content (AvgIpc) is 2.88. The Hall–Kier alpha value is -1.71. The molecule has 0 aliphatic heterocycles. The van der Waals surface area contributed by atoms with E-state index in [2.05, 4.69) is 41.0 Å². The van der Waals surface area contributed by atoms with Crippen molar-refractivity contribution in [3.8, 4) is 0 Å². The van der Waals surface area contributed by atoms with E-state index in [4.69, 9.17) is 11.6 Å². The monoisotopic (exact) mass is 316 g/mol. The Morgan fingerprint density at radius 1 is 1.14 bits per heavy atom. The molecule has 0 atom stereocenters. The Balaban J connectivity index is 1.77. The summed E-state index contributed by atoms with van der Waals surface area (Å²) in [6.07, 6.45) is 0. The molecule has 1 aromatic heterocycles. The number of hydrogen-bond acceptors (Lipinski definition) is 3. The Labute approximate surface area is 134 Å². The molecule has 0 saturated heterocycles. The number of nitrogens with zero attached hydrogens (tertiary/aromatic N) is 1. The number of benzene rings is 2.